The molecule has 8 heteroatoms. The Bertz CT molecular complexity index is 989. The lowest BCUT2D eigenvalue weighted by Crippen LogP contribution is -2.35. The van der Waals surface area contributed by atoms with Gasteiger partial charge in [0, 0.05) is 48.7 Å². The van der Waals surface area contributed by atoms with Crippen LogP contribution in [-0.4, -0.2) is 57.7 Å². The number of hydrogen-bond donors (Lipinski definition) is 1. The normalized spacial score (nSPS) is 17.1. The first kappa shape index (κ1) is 15.3. The van der Waals surface area contributed by atoms with Crippen LogP contribution in [0.15, 0.2) is 24.7 Å². The number of hydrogen-bond acceptors (Lipinski definition) is 6. The summed E-state index contributed by atoms with van der Waals surface area (Å²) in [4.78, 5) is 23.5. The average Bonchev–Trinajstić information content (AvgIpc) is 3.30. The topological polar surface area (TPSA) is 102 Å². The fraction of sp³-hybridized carbons (Fsp3) is 0.353. The summed E-state index contributed by atoms with van der Waals surface area (Å²) in [5.74, 6) is 0.660. The molecule has 0 bridgehead atoms. The second-order valence-corrected chi connectivity index (χ2v) is 6.28. The molecule has 0 aliphatic carbocycles. The molecule has 3 aromatic rings. The van der Waals surface area contributed by atoms with Gasteiger partial charge in [-0.05, 0) is 12.5 Å². The number of carbonyl (C=O) groups is 1. The standard InChI is InChI=1S/C17H17N7O/c1-23(7-4-18)17(25)11-3-6-24(10-11)16-14-12(9-21-22-16)8-20-15-13(14)2-5-19-15/h2,5,8-9,11H,3,6-7,10H2,1H3,(H,19,20). The van der Waals surface area contributed by atoms with Crippen molar-refractivity contribution in [2.45, 2.75) is 6.42 Å². The van der Waals surface area contributed by atoms with Gasteiger partial charge in [0.15, 0.2) is 5.82 Å². The minimum atomic E-state index is -0.126. The molecule has 0 aromatic carbocycles. The number of nitriles is 1. The summed E-state index contributed by atoms with van der Waals surface area (Å²) >= 11 is 0. The van der Waals surface area contributed by atoms with Crippen molar-refractivity contribution in [2.75, 3.05) is 31.6 Å². The van der Waals surface area contributed by atoms with Crippen LogP contribution >= 0.6 is 0 Å². The van der Waals surface area contributed by atoms with Gasteiger partial charge in [-0.15, -0.1) is 5.10 Å². The number of anilines is 1. The molecule has 1 fully saturated rings. The van der Waals surface area contributed by atoms with E-state index in [4.69, 9.17) is 5.26 Å². The maximum atomic E-state index is 12.4. The molecule has 4 rings (SSSR count). The van der Waals surface area contributed by atoms with Gasteiger partial charge < -0.3 is 14.8 Å². The molecule has 8 nitrogen and oxygen atoms in total. The quantitative estimate of drug-likeness (QED) is 0.724. The third-order valence-electron chi connectivity index (χ3n) is 4.71. The van der Waals surface area contributed by atoms with Crippen molar-refractivity contribution in [3.8, 4) is 6.07 Å². The molecule has 4 heterocycles. The van der Waals surface area contributed by atoms with E-state index in [1.807, 2.05) is 18.3 Å². The zero-order valence-corrected chi connectivity index (χ0v) is 13.8. The number of H-pyrrole nitrogens is 1. The zero-order valence-electron chi connectivity index (χ0n) is 13.8. The number of rotatable bonds is 3. The summed E-state index contributed by atoms with van der Waals surface area (Å²) in [6, 6.07) is 4.00. The van der Waals surface area contributed by atoms with Crippen LogP contribution in [0.3, 0.4) is 0 Å². The first-order valence-electron chi connectivity index (χ1n) is 8.13. The van der Waals surface area contributed by atoms with Crippen LogP contribution in [0.1, 0.15) is 6.42 Å². The lowest BCUT2D eigenvalue weighted by atomic mass is 10.1. The fourth-order valence-corrected chi connectivity index (χ4v) is 3.44. The highest BCUT2D eigenvalue weighted by Gasteiger charge is 2.32. The number of carbonyl (C=O) groups excluding carboxylic acids is 1. The second-order valence-electron chi connectivity index (χ2n) is 6.28. The molecule has 0 saturated carbocycles. The van der Waals surface area contributed by atoms with Crippen LogP contribution in [-0.2, 0) is 4.79 Å². The number of fused-ring (bicyclic) bond motifs is 3. The Balaban J connectivity index is 1.68. The SMILES string of the molecule is CN(CC#N)C(=O)C1CCN(c2nncc3cnc4[nH]ccc4c23)C1. The summed E-state index contributed by atoms with van der Waals surface area (Å²) in [5, 5.41) is 20.2. The molecule has 1 saturated heterocycles. The minimum Gasteiger partial charge on any atom is -0.354 e. The molecule has 3 aromatic heterocycles. The van der Waals surface area contributed by atoms with Gasteiger partial charge in [0.2, 0.25) is 5.91 Å². The summed E-state index contributed by atoms with van der Waals surface area (Å²) < 4.78 is 0. The van der Waals surface area contributed by atoms with Crippen molar-refractivity contribution < 1.29 is 4.79 Å². The van der Waals surface area contributed by atoms with E-state index in [0.717, 1.165) is 40.6 Å². The van der Waals surface area contributed by atoms with E-state index in [1.165, 1.54) is 4.90 Å². The number of nitrogens with zero attached hydrogens (tertiary/aromatic N) is 6. The maximum Gasteiger partial charge on any atom is 0.228 e. The maximum absolute atomic E-state index is 12.4. The molecule has 0 spiro atoms. The van der Waals surface area contributed by atoms with E-state index in [2.05, 4.69) is 25.1 Å². The first-order chi connectivity index (χ1) is 12.2. The predicted octanol–water partition coefficient (Wildman–Crippen LogP) is 1.31. The highest BCUT2D eigenvalue weighted by atomic mass is 16.2. The molecule has 1 atom stereocenters. The number of amides is 1. The van der Waals surface area contributed by atoms with Gasteiger partial charge in [-0.1, -0.05) is 0 Å². The van der Waals surface area contributed by atoms with Crippen LogP contribution in [0, 0.1) is 17.2 Å². The van der Waals surface area contributed by atoms with E-state index in [-0.39, 0.29) is 18.4 Å². The Morgan fingerprint density at radius 1 is 1.52 bits per heavy atom. The van der Waals surface area contributed by atoms with Crippen LogP contribution in [0.4, 0.5) is 5.82 Å². The number of pyridine rings is 1. The highest BCUT2D eigenvalue weighted by molar-refractivity contribution is 6.10. The highest BCUT2D eigenvalue weighted by Crippen LogP contribution is 2.32. The molecular weight excluding hydrogens is 318 g/mol. The molecule has 25 heavy (non-hydrogen) atoms. The molecular formula is C17H17N7O. The van der Waals surface area contributed by atoms with Crippen molar-refractivity contribution in [1.29, 1.82) is 5.26 Å². The van der Waals surface area contributed by atoms with Crippen molar-refractivity contribution in [2.24, 2.45) is 5.92 Å². The summed E-state index contributed by atoms with van der Waals surface area (Å²) in [5.41, 5.74) is 0.808. The van der Waals surface area contributed by atoms with Crippen LogP contribution in [0.2, 0.25) is 0 Å². The van der Waals surface area contributed by atoms with Gasteiger partial charge in [0.25, 0.3) is 0 Å². The molecule has 1 amide bonds. The fourth-order valence-electron chi connectivity index (χ4n) is 3.44. The summed E-state index contributed by atoms with van der Waals surface area (Å²) in [7, 11) is 1.67. The minimum absolute atomic E-state index is 0.00528. The van der Waals surface area contributed by atoms with Gasteiger partial charge >= 0.3 is 0 Å². The van der Waals surface area contributed by atoms with Crippen LogP contribution in [0.5, 0.6) is 0 Å². The first-order valence-corrected chi connectivity index (χ1v) is 8.13. The van der Waals surface area contributed by atoms with Crippen molar-refractivity contribution in [1.82, 2.24) is 25.1 Å². The van der Waals surface area contributed by atoms with E-state index >= 15 is 0 Å². The molecule has 0 radical (unpaired) electrons. The van der Waals surface area contributed by atoms with Gasteiger partial charge in [0.05, 0.1) is 18.2 Å². The molecule has 1 aliphatic heterocycles. The van der Waals surface area contributed by atoms with Crippen molar-refractivity contribution in [3.63, 3.8) is 0 Å². The number of nitrogens with one attached hydrogen (secondary N) is 1. The van der Waals surface area contributed by atoms with Crippen molar-refractivity contribution in [3.05, 3.63) is 24.7 Å². The Kier molecular flexibility index (Phi) is 3.69. The molecule has 1 unspecified atom stereocenters. The summed E-state index contributed by atoms with van der Waals surface area (Å²) in [6.07, 6.45) is 6.09. The van der Waals surface area contributed by atoms with E-state index < -0.39 is 0 Å². The Hall–Kier alpha value is -3.21. The predicted molar refractivity (Wildman–Crippen MR) is 92.8 cm³/mol. The van der Waals surface area contributed by atoms with Gasteiger partial charge in [-0.25, -0.2) is 4.98 Å². The lowest BCUT2D eigenvalue weighted by molar-refractivity contribution is -0.132. The Morgan fingerprint density at radius 2 is 2.40 bits per heavy atom. The monoisotopic (exact) mass is 335 g/mol. The smallest absolute Gasteiger partial charge is 0.228 e. The summed E-state index contributed by atoms with van der Waals surface area (Å²) in [6.45, 7) is 1.43. The largest absolute Gasteiger partial charge is 0.354 e. The van der Waals surface area contributed by atoms with Gasteiger partial charge in [0.1, 0.15) is 12.2 Å². The van der Waals surface area contributed by atoms with Gasteiger partial charge in [-0.2, -0.15) is 10.4 Å². The molecule has 1 N–H and O–H groups in total. The number of aromatic amines is 1. The average molecular weight is 335 g/mol. The Morgan fingerprint density at radius 3 is 3.24 bits per heavy atom. The van der Waals surface area contributed by atoms with E-state index in [1.54, 1.807) is 19.4 Å². The Labute approximate surface area is 144 Å². The van der Waals surface area contributed by atoms with Crippen LogP contribution < -0.4 is 4.90 Å². The van der Waals surface area contributed by atoms with Gasteiger partial charge in [-0.3, -0.25) is 4.79 Å². The van der Waals surface area contributed by atoms with E-state index in [0.29, 0.717) is 6.54 Å². The van der Waals surface area contributed by atoms with Crippen molar-refractivity contribution >= 4 is 33.5 Å². The third-order valence-corrected chi connectivity index (χ3v) is 4.71. The second kappa shape index (κ2) is 6.02. The number of aromatic nitrogens is 4. The molecule has 1 aliphatic rings. The third kappa shape index (κ3) is 2.54. The lowest BCUT2D eigenvalue weighted by Gasteiger charge is -2.20. The van der Waals surface area contributed by atoms with E-state index in [9.17, 15) is 4.79 Å². The molecule has 126 valence electrons. The van der Waals surface area contributed by atoms with Crippen LogP contribution in [0.25, 0.3) is 21.8 Å². The zero-order chi connectivity index (χ0) is 17.4.